The second-order valence-corrected chi connectivity index (χ2v) is 13.4. The van der Waals surface area contributed by atoms with Crippen molar-refractivity contribution in [2.24, 2.45) is 5.73 Å². The van der Waals surface area contributed by atoms with Crippen LogP contribution in [0.1, 0.15) is 44.5 Å². The van der Waals surface area contributed by atoms with E-state index in [9.17, 15) is 18.8 Å². The number of fused-ring (bicyclic) bond motifs is 3. The number of anilines is 1. The molecule has 0 aliphatic carbocycles. The summed E-state index contributed by atoms with van der Waals surface area (Å²) in [7, 11) is 0. The van der Waals surface area contributed by atoms with E-state index in [-0.39, 0.29) is 36.9 Å². The number of pyridine rings is 1. The maximum atomic E-state index is 14.3. The fourth-order valence-corrected chi connectivity index (χ4v) is 7.03. The number of ether oxygens (including phenoxy) is 1. The number of carbonyl (C=O) groups is 2. The Morgan fingerprint density at radius 3 is 2.62 bits per heavy atom. The standard InChI is InChI=1S/C32H43FN8O4/c1-20-14-38(25(13-35-20)15-37-9-10-45-18-21(37)2)17-28(43)39-19-32(3,4)29-26(39)12-23(11-22-5-7-24(33)8-6-22)30-36-40(16-27(34)42)31(44)41(29)30/h5-8,12,20-21,25,35H,9-11,13-19H2,1-4H3,(H2,34,42)/t20-,21-,25-/m1/s1. The number of nitrogens with zero attached hydrogens (tertiary/aromatic N) is 6. The van der Waals surface area contributed by atoms with Crippen molar-refractivity contribution in [2.45, 2.75) is 64.2 Å². The van der Waals surface area contributed by atoms with Crippen LogP contribution in [0.25, 0.3) is 5.65 Å². The van der Waals surface area contributed by atoms with Crippen LogP contribution in [0.4, 0.5) is 10.1 Å². The lowest BCUT2D eigenvalue weighted by Gasteiger charge is -2.43. The second kappa shape index (κ2) is 12.3. The summed E-state index contributed by atoms with van der Waals surface area (Å²) in [5, 5.41) is 8.10. The number of primary amides is 1. The first-order valence-corrected chi connectivity index (χ1v) is 15.7. The number of hydrogen-bond acceptors (Lipinski definition) is 8. The Hall–Kier alpha value is -3.65. The molecule has 3 atom stereocenters. The lowest BCUT2D eigenvalue weighted by atomic mass is 9.90. The molecule has 242 valence electrons. The number of amides is 2. The highest BCUT2D eigenvalue weighted by Gasteiger charge is 2.43. The van der Waals surface area contributed by atoms with Crippen LogP contribution in [0.15, 0.2) is 35.1 Å². The maximum Gasteiger partial charge on any atom is 0.351 e. The number of nitrogens with two attached hydrogens (primary N) is 1. The van der Waals surface area contributed by atoms with Crippen molar-refractivity contribution in [3.8, 4) is 0 Å². The third-order valence-corrected chi connectivity index (χ3v) is 9.32. The molecule has 3 N–H and O–H groups in total. The smallest absolute Gasteiger partial charge is 0.351 e. The molecule has 2 aromatic heterocycles. The topological polar surface area (TPSA) is 130 Å². The normalized spacial score (nSPS) is 23.8. The Labute approximate surface area is 261 Å². The van der Waals surface area contributed by atoms with Gasteiger partial charge in [-0.1, -0.05) is 26.0 Å². The molecule has 0 unspecified atom stereocenters. The lowest BCUT2D eigenvalue weighted by Crippen LogP contribution is -2.62. The second-order valence-electron chi connectivity index (χ2n) is 13.4. The van der Waals surface area contributed by atoms with Gasteiger partial charge in [0.2, 0.25) is 11.8 Å². The van der Waals surface area contributed by atoms with E-state index in [1.54, 1.807) is 17.0 Å². The van der Waals surface area contributed by atoms with E-state index >= 15 is 0 Å². The zero-order valence-corrected chi connectivity index (χ0v) is 26.5. The lowest BCUT2D eigenvalue weighted by molar-refractivity contribution is -0.121. The number of hydrogen-bond donors (Lipinski definition) is 2. The van der Waals surface area contributed by atoms with Crippen LogP contribution < -0.4 is 21.6 Å². The molecule has 3 aliphatic rings. The minimum absolute atomic E-state index is 0.0411. The molecule has 6 rings (SSSR count). The number of morpholine rings is 1. The fourth-order valence-electron chi connectivity index (χ4n) is 7.03. The summed E-state index contributed by atoms with van der Waals surface area (Å²) in [6.07, 6.45) is 0.349. The number of carbonyl (C=O) groups excluding carboxylic acids is 2. The van der Waals surface area contributed by atoms with Crippen molar-refractivity contribution in [1.82, 2.24) is 29.3 Å². The molecule has 0 radical (unpaired) electrons. The Morgan fingerprint density at radius 1 is 1.16 bits per heavy atom. The summed E-state index contributed by atoms with van der Waals surface area (Å²) in [6, 6.07) is 8.80. The van der Waals surface area contributed by atoms with E-state index in [0.29, 0.717) is 54.8 Å². The molecule has 2 fully saturated rings. The summed E-state index contributed by atoms with van der Waals surface area (Å²) in [6.45, 7) is 13.2. The molecule has 1 aromatic carbocycles. The van der Waals surface area contributed by atoms with Crippen LogP contribution in [0.5, 0.6) is 0 Å². The van der Waals surface area contributed by atoms with Gasteiger partial charge in [-0.05, 0) is 37.6 Å². The molecule has 13 heteroatoms. The minimum Gasteiger partial charge on any atom is -0.379 e. The highest BCUT2D eigenvalue weighted by Crippen LogP contribution is 2.42. The van der Waals surface area contributed by atoms with Gasteiger partial charge in [-0.25, -0.2) is 18.3 Å². The number of halogens is 1. The molecule has 0 saturated carbocycles. The third kappa shape index (κ3) is 6.26. The Morgan fingerprint density at radius 2 is 1.91 bits per heavy atom. The average Bonchev–Trinajstić information content (AvgIpc) is 3.44. The predicted octanol–water partition coefficient (Wildman–Crippen LogP) is 0.718. The van der Waals surface area contributed by atoms with Crippen molar-refractivity contribution in [3.63, 3.8) is 0 Å². The zero-order chi connectivity index (χ0) is 32.0. The largest absolute Gasteiger partial charge is 0.379 e. The van der Waals surface area contributed by atoms with Gasteiger partial charge in [0.1, 0.15) is 12.4 Å². The minimum atomic E-state index is -0.681. The van der Waals surface area contributed by atoms with Crippen molar-refractivity contribution >= 4 is 23.1 Å². The highest BCUT2D eigenvalue weighted by atomic mass is 19.1. The Bertz CT molecular complexity index is 1650. The summed E-state index contributed by atoms with van der Waals surface area (Å²) in [5.41, 5.74) is 7.59. The van der Waals surface area contributed by atoms with Crippen molar-refractivity contribution in [3.05, 3.63) is 63.5 Å². The molecule has 2 saturated heterocycles. The Kier molecular flexibility index (Phi) is 8.55. The molecular formula is C32H43FN8O4. The zero-order valence-electron chi connectivity index (χ0n) is 26.5. The first-order chi connectivity index (χ1) is 21.4. The van der Waals surface area contributed by atoms with Crippen LogP contribution in [0.3, 0.4) is 0 Å². The van der Waals surface area contributed by atoms with Crippen molar-refractivity contribution in [1.29, 1.82) is 0 Å². The molecular weight excluding hydrogens is 579 g/mol. The van der Waals surface area contributed by atoms with Gasteiger partial charge in [-0.3, -0.25) is 19.4 Å². The van der Waals surface area contributed by atoms with Crippen molar-refractivity contribution in [2.75, 3.05) is 57.4 Å². The number of rotatable bonds is 8. The molecule has 2 amide bonds. The van der Waals surface area contributed by atoms with Gasteiger partial charge in [-0.2, -0.15) is 0 Å². The highest BCUT2D eigenvalue weighted by molar-refractivity contribution is 5.98. The monoisotopic (exact) mass is 622 g/mol. The van der Waals surface area contributed by atoms with Crippen LogP contribution in [0, 0.1) is 5.82 Å². The predicted molar refractivity (Wildman–Crippen MR) is 168 cm³/mol. The first-order valence-electron chi connectivity index (χ1n) is 15.7. The number of nitrogens with one attached hydrogen (secondary N) is 1. The van der Waals surface area contributed by atoms with E-state index in [0.717, 1.165) is 36.4 Å². The molecule has 5 heterocycles. The van der Waals surface area contributed by atoms with E-state index in [4.69, 9.17) is 10.5 Å². The van der Waals surface area contributed by atoms with Crippen LogP contribution >= 0.6 is 0 Å². The molecule has 0 bridgehead atoms. The quantitative estimate of drug-likeness (QED) is 0.376. The van der Waals surface area contributed by atoms with Crippen molar-refractivity contribution < 1.29 is 18.7 Å². The Balaban J connectivity index is 1.36. The first kappa shape index (κ1) is 31.3. The SMILES string of the molecule is C[C@@H]1CN(CC(=O)N2CC(C)(C)c3c2cc(Cc2ccc(F)cc2)c2nn(CC(N)=O)c(=O)n32)[C@@H](CN2CCOC[C@H]2C)CN1. The van der Waals surface area contributed by atoms with Gasteiger partial charge in [0.25, 0.3) is 0 Å². The van der Waals surface area contributed by atoms with E-state index < -0.39 is 17.0 Å². The average molecular weight is 623 g/mol. The third-order valence-electron chi connectivity index (χ3n) is 9.32. The number of piperazine rings is 1. The molecule has 3 aliphatic heterocycles. The molecule has 3 aromatic rings. The van der Waals surface area contributed by atoms with E-state index in [2.05, 4.69) is 34.1 Å². The van der Waals surface area contributed by atoms with Gasteiger partial charge in [0, 0.05) is 68.2 Å². The maximum absolute atomic E-state index is 14.3. The van der Waals surface area contributed by atoms with Gasteiger partial charge in [0.15, 0.2) is 5.65 Å². The van der Waals surface area contributed by atoms with Crippen LogP contribution in [-0.4, -0.2) is 106 Å². The number of aromatic nitrogens is 3. The molecule has 0 spiro atoms. The van der Waals surface area contributed by atoms with Gasteiger partial charge in [0.05, 0.1) is 31.1 Å². The van der Waals surface area contributed by atoms with Crippen LogP contribution in [0.2, 0.25) is 0 Å². The summed E-state index contributed by atoms with van der Waals surface area (Å²) < 4.78 is 21.9. The fraction of sp³-hybridized carbons (Fsp3) is 0.562. The summed E-state index contributed by atoms with van der Waals surface area (Å²) in [4.78, 5) is 46.3. The summed E-state index contributed by atoms with van der Waals surface area (Å²) >= 11 is 0. The van der Waals surface area contributed by atoms with Gasteiger partial charge < -0.3 is 20.7 Å². The number of benzene rings is 1. The van der Waals surface area contributed by atoms with Crippen LogP contribution in [-0.2, 0) is 32.7 Å². The molecule has 12 nitrogen and oxygen atoms in total. The van der Waals surface area contributed by atoms with Gasteiger partial charge in [-0.15, -0.1) is 5.10 Å². The van der Waals surface area contributed by atoms with E-state index in [1.807, 2.05) is 19.9 Å². The summed E-state index contributed by atoms with van der Waals surface area (Å²) in [5.74, 6) is -1.07. The molecule has 45 heavy (non-hydrogen) atoms. The van der Waals surface area contributed by atoms with E-state index in [1.165, 1.54) is 16.5 Å². The van der Waals surface area contributed by atoms with Gasteiger partial charge >= 0.3 is 5.69 Å².